The van der Waals surface area contributed by atoms with Crippen molar-refractivity contribution >= 4 is 17.7 Å². The number of nitrogens with one attached hydrogen (secondary N) is 1. The fourth-order valence-electron chi connectivity index (χ4n) is 1.82. The van der Waals surface area contributed by atoms with E-state index in [1.54, 1.807) is 7.05 Å². The molecular weight excluding hydrogens is 258 g/mol. The zero-order valence-electron chi connectivity index (χ0n) is 12.2. The van der Waals surface area contributed by atoms with Crippen molar-refractivity contribution in [2.24, 2.45) is 0 Å². The molecule has 0 aromatic heterocycles. The molecule has 1 atom stereocenters. The molecule has 1 rings (SSSR count). The Morgan fingerprint density at radius 1 is 1.47 bits per heavy atom. The number of ether oxygens (including phenoxy) is 1. The Morgan fingerprint density at radius 2 is 2.21 bits per heavy atom. The number of methoxy groups -OCH3 is 1. The van der Waals surface area contributed by atoms with Gasteiger partial charge in [-0.15, -0.1) is 0 Å². The van der Waals surface area contributed by atoms with Gasteiger partial charge in [-0.05, 0) is 38.6 Å². The third-order valence-electron chi connectivity index (χ3n) is 3.29. The van der Waals surface area contributed by atoms with Crippen LogP contribution in [0.15, 0.2) is 24.3 Å². The van der Waals surface area contributed by atoms with Gasteiger partial charge < -0.3 is 10.1 Å². The van der Waals surface area contributed by atoms with Crippen LogP contribution in [-0.4, -0.2) is 31.4 Å². The van der Waals surface area contributed by atoms with Crippen LogP contribution in [-0.2, 0) is 15.3 Å². The molecule has 0 fully saturated rings. The number of likely N-dealkylation sites (N-methyl/N-ethyl adjacent to an activating group) is 1. The molecule has 0 bridgehead atoms. The van der Waals surface area contributed by atoms with Crippen molar-refractivity contribution in [1.82, 2.24) is 5.32 Å². The lowest BCUT2D eigenvalue weighted by atomic mass is 10.00. The molecule has 0 amide bonds. The Bertz CT molecular complexity index is 422. The first kappa shape index (κ1) is 16.1. The molecule has 1 unspecified atom stereocenters. The predicted molar refractivity (Wildman–Crippen MR) is 81.4 cm³/mol. The largest absolute Gasteiger partial charge is 0.468 e. The molecule has 1 aromatic rings. The molecule has 3 nitrogen and oxygen atoms in total. The summed E-state index contributed by atoms with van der Waals surface area (Å²) in [6.45, 7) is 3.98. The normalized spacial score (nSPS) is 13.9. The highest BCUT2D eigenvalue weighted by Gasteiger charge is 2.31. The maximum absolute atomic E-state index is 11.7. The van der Waals surface area contributed by atoms with Crippen molar-refractivity contribution in [2.75, 3.05) is 19.9 Å². The van der Waals surface area contributed by atoms with Crippen LogP contribution in [0, 0.1) is 6.92 Å². The molecule has 0 aliphatic rings. The molecule has 0 heterocycles. The number of thioether (sulfide) groups is 1. The maximum Gasteiger partial charge on any atom is 0.325 e. The van der Waals surface area contributed by atoms with Gasteiger partial charge in [0.2, 0.25) is 0 Å². The minimum absolute atomic E-state index is 0.203. The highest BCUT2D eigenvalue weighted by atomic mass is 32.2. The van der Waals surface area contributed by atoms with Gasteiger partial charge in [0, 0.05) is 5.75 Å². The monoisotopic (exact) mass is 281 g/mol. The minimum Gasteiger partial charge on any atom is -0.468 e. The van der Waals surface area contributed by atoms with Gasteiger partial charge >= 0.3 is 5.97 Å². The van der Waals surface area contributed by atoms with Crippen molar-refractivity contribution < 1.29 is 9.53 Å². The molecule has 1 aromatic carbocycles. The van der Waals surface area contributed by atoms with E-state index in [4.69, 9.17) is 4.74 Å². The summed E-state index contributed by atoms with van der Waals surface area (Å²) < 4.78 is 4.83. The van der Waals surface area contributed by atoms with Crippen LogP contribution in [0.4, 0.5) is 0 Å². The van der Waals surface area contributed by atoms with Gasteiger partial charge in [-0.2, -0.15) is 11.8 Å². The van der Waals surface area contributed by atoms with Crippen LogP contribution in [0.1, 0.15) is 24.5 Å². The van der Waals surface area contributed by atoms with Crippen molar-refractivity contribution in [1.29, 1.82) is 0 Å². The molecular formula is C15H23NO2S. The van der Waals surface area contributed by atoms with Gasteiger partial charge in [-0.25, -0.2) is 0 Å². The Hall–Kier alpha value is -1.00. The summed E-state index contributed by atoms with van der Waals surface area (Å²) >= 11 is 1.84. The van der Waals surface area contributed by atoms with Crippen LogP contribution in [0.5, 0.6) is 0 Å². The Balaban J connectivity index is 2.39. The number of carbonyl (C=O) groups is 1. The highest BCUT2D eigenvalue weighted by Crippen LogP contribution is 2.19. The first-order chi connectivity index (χ1) is 9.01. The Morgan fingerprint density at radius 3 is 2.79 bits per heavy atom. The van der Waals surface area contributed by atoms with Crippen molar-refractivity contribution in [3.8, 4) is 0 Å². The van der Waals surface area contributed by atoms with E-state index in [9.17, 15) is 4.79 Å². The van der Waals surface area contributed by atoms with E-state index in [1.165, 1.54) is 18.2 Å². The Labute approximate surface area is 120 Å². The number of hydrogen-bond donors (Lipinski definition) is 1. The van der Waals surface area contributed by atoms with Gasteiger partial charge in [-0.3, -0.25) is 4.79 Å². The zero-order valence-corrected chi connectivity index (χ0v) is 13.0. The molecule has 106 valence electrons. The van der Waals surface area contributed by atoms with Gasteiger partial charge in [-0.1, -0.05) is 29.8 Å². The van der Waals surface area contributed by atoms with E-state index in [2.05, 4.69) is 36.5 Å². The number of esters is 1. The molecule has 0 aliphatic heterocycles. The van der Waals surface area contributed by atoms with Crippen LogP contribution < -0.4 is 5.32 Å². The second-order valence-corrected chi connectivity index (χ2v) is 5.97. The number of aryl methyl sites for hydroxylation is 1. The standard InChI is InChI=1S/C15H23NO2S/c1-12-6-5-7-13(10-12)11-19-9-8-15(2,16-3)14(17)18-4/h5-7,10,16H,8-9,11H2,1-4H3. The maximum atomic E-state index is 11.7. The molecule has 4 heteroatoms. The average molecular weight is 281 g/mol. The van der Waals surface area contributed by atoms with E-state index < -0.39 is 5.54 Å². The molecule has 0 spiro atoms. The molecule has 0 saturated heterocycles. The van der Waals surface area contributed by atoms with Crippen LogP contribution in [0.25, 0.3) is 0 Å². The summed E-state index contributed by atoms with van der Waals surface area (Å²) in [6, 6.07) is 8.52. The molecule has 1 N–H and O–H groups in total. The first-order valence-electron chi connectivity index (χ1n) is 6.42. The van der Waals surface area contributed by atoms with E-state index in [0.717, 1.165) is 17.9 Å². The Kier molecular flexibility index (Phi) is 6.38. The summed E-state index contributed by atoms with van der Waals surface area (Å²) in [5.74, 6) is 1.69. The summed E-state index contributed by atoms with van der Waals surface area (Å²) in [6.07, 6.45) is 0.757. The fraction of sp³-hybridized carbons (Fsp3) is 0.533. The third-order valence-corrected chi connectivity index (χ3v) is 4.32. The SMILES string of the molecule is CNC(C)(CCSCc1cccc(C)c1)C(=O)OC. The average Bonchev–Trinajstić information content (AvgIpc) is 2.42. The second kappa shape index (κ2) is 7.56. The summed E-state index contributed by atoms with van der Waals surface area (Å²) in [7, 11) is 3.22. The van der Waals surface area contributed by atoms with E-state index >= 15 is 0 Å². The molecule has 0 saturated carbocycles. The topological polar surface area (TPSA) is 38.3 Å². The van der Waals surface area contributed by atoms with Crippen molar-refractivity contribution in [3.05, 3.63) is 35.4 Å². The second-order valence-electron chi connectivity index (χ2n) is 4.87. The zero-order chi connectivity index (χ0) is 14.3. The smallest absolute Gasteiger partial charge is 0.325 e. The molecule has 0 aliphatic carbocycles. The lowest BCUT2D eigenvalue weighted by Crippen LogP contribution is -2.48. The number of benzene rings is 1. The lowest BCUT2D eigenvalue weighted by molar-refractivity contribution is -0.147. The molecule has 0 radical (unpaired) electrons. The van der Waals surface area contributed by atoms with Crippen LogP contribution >= 0.6 is 11.8 Å². The predicted octanol–water partition coefficient (Wildman–Crippen LogP) is 2.77. The highest BCUT2D eigenvalue weighted by molar-refractivity contribution is 7.98. The molecule has 19 heavy (non-hydrogen) atoms. The van der Waals surface area contributed by atoms with Crippen molar-refractivity contribution in [3.63, 3.8) is 0 Å². The van der Waals surface area contributed by atoms with Gasteiger partial charge in [0.1, 0.15) is 5.54 Å². The number of carbonyl (C=O) groups excluding carboxylic acids is 1. The van der Waals surface area contributed by atoms with Crippen LogP contribution in [0.3, 0.4) is 0 Å². The fourth-order valence-corrected chi connectivity index (χ4v) is 2.93. The number of hydrogen-bond acceptors (Lipinski definition) is 4. The van der Waals surface area contributed by atoms with E-state index in [1.807, 2.05) is 18.7 Å². The van der Waals surface area contributed by atoms with Crippen LogP contribution in [0.2, 0.25) is 0 Å². The third kappa shape index (κ3) is 4.88. The van der Waals surface area contributed by atoms with E-state index in [0.29, 0.717) is 0 Å². The lowest BCUT2D eigenvalue weighted by Gasteiger charge is -2.25. The van der Waals surface area contributed by atoms with Crippen molar-refractivity contribution in [2.45, 2.75) is 31.6 Å². The summed E-state index contributed by atoms with van der Waals surface area (Å²) in [5, 5.41) is 3.05. The first-order valence-corrected chi connectivity index (χ1v) is 7.58. The quantitative estimate of drug-likeness (QED) is 0.616. The van der Waals surface area contributed by atoms with Gasteiger partial charge in [0.15, 0.2) is 0 Å². The van der Waals surface area contributed by atoms with Gasteiger partial charge in [0.05, 0.1) is 7.11 Å². The van der Waals surface area contributed by atoms with E-state index in [-0.39, 0.29) is 5.97 Å². The number of rotatable bonds is 7. The summed E-state index contributed by atoms with van der Waals surface area (Å²) in [4.78, 5) is 11.7. The van der Waals surface area contributed by atoms with Gasteiger partial charge in [0.25, 0.3) is 0 Å². The minimum atomic E-state index is -0.589. The summed E-state index contributed by atoms with van der Waals surface area (Å²) in [5.41, 5.74) is 2.02.